The van der Waals surface area contributed by atoms with Gasteiger partial charge in [0, 0.05) is 12.6 Å². The Morgan fingerprint density at radius 1 is 1.29 bits per heavy atom. The predicted molar refractivity (Wildman–Crippen MR) is 96.7 cm³/mol. The van der Waals surface area contributed by atoms with E-state index >= 15 is 0 Å². The van der Waals surface area contributed by atoms with E-state index in [4.69, 9.17) is 10.00 Å². The van der Waals surface area contributed by atoms with E-state index in [2.05, 4.69) is 21.8 Å². The zero-order valence-corrected chi connectivity index (χ0v) is 14.7. The number of rotatable bonds is 7. The number of ether oxygens (including phenoxy) is 2. The van der Waals surface area contributed by atoms with Gasteiger partial charge in [-0.05, 0) is 36.5 Å². The standard InChI is InChI=1S/C19H16F3N3O3/c1-24-15(10-23)18(25-2)13-4-3-5-14(9-13)27-11-12-6-7-17(16(26)8-12)28-19(20,21)22/h3-9,24,26H,2,11H2,1H3/b18-15-. The molecule has 0 heterocycles. The Morgan fingerprint density at radius 2 is 2.04 bits per heavy atom. The van der Waals surface area contributed by atoms with Crippen LogP contribution in [0.3, 0.4) is 0 Å². The van der Waals surface area contributed by atoms with Crippen LogP contribution in [0.15, 0.2) is 53.2 Å². The molecule has 0 saturated carbocycles. The third-order valence-electron chi connectivity index (χ3n) is 3.52. The maximum atomic E-state index is 12.2. The summed E-state index contributed by atoms with van der Waals surface area (Å²) in [6.07, 6.45) is -4.89. The summed E-state index contributed by atoms with van der Waals surface area (Å²) in [6, 6.07) is 12.2. The lowest BCUT2D eigenvalue weighted by Gasteiger charge is -2.12. The molecular formula is C19H16F3N3O3. The minimum absolute atomic E-state index is 0.0129. The van der Waals surface area contributed by atoms with Crippen molar-refractivity contribution >= 4 is 12.4 Å². The fraction of sp³-hybridized carbons (Fsp3) is 0.158. The number of aromatic hydroxyl groups is 1. The predicted octanol–water partition coefficient (Wildman–Crippen LogP) is 3.98. The lowest BCUT2D eigenvalue weighted by atomic mass is 10.1. The van der Waals surface area contributed by atoms with Crippen LogP contribution in [0.5, 0.6) is 17.2 Å². The second-order valence-electron chi connectivity index (χ2n) is 5.41. The normalized spacial score (nSPS) is 11.8. The molecular weight excluding hydrogens is 375 g/mol. The highest BCUT2D eigenvalue weighted by Crippen LogP contribution is 2.32. The molecule has 0 aliphatic carbocycles. The highest BCUT2D eigenvalue weighted by atomic mass is 19.4. The summed E-state index contributed by atoms with van der Waals surface area (Å²) in [4.78, 5) is 3.86. The van der Waals surface area contributed by atoms with E-state index in [0.29, 0.717) is 22.6 Å². The Balaban J connectivity index is 2.16. The number of alkyl halides is 3. The quantitative estimate of drug-likeness (QED) is 0.551. The molecule has 0 spiro atoms. The number of aliphatic imine (C=N–C) groups is 1. The van der Waals surface area contributed by atoms with Crippen molar-refractivity contribution in [3.8, 4) is 23.3 Å². The maximum absolute atomic E-state index is 12.2. The van der Waals surface area contributed by atoms with Gasteiger partial charge in [-0.15, -0.1) is 13.2 Å². The minimum atomic E-state index is -4.89. The van der Waals surface area contributed by atoms with Crippen molar-refractivity contribution in [1.82, 2.24) is 5.32 Å². The van der Waals surface area contributed by atoms with E-state index in [0.717, 1.165) is 12.1 Å². The molecule has 0 aliphatic heterocycles. The Bertz CT molecular complexity index is 934. The molecule has 0 fully saturated rings. The maximum Gasteiger partial charge on any atom is 0.573 e. The largest absolute Gasteiger partial charge is 0.573 e. The average molecular weight is 391 g/mol. The summed E-state index contributed by atoms with van der Waals surface area (Å²) < 4.78 is 46.0. The van der Waals surface area contributed by atoms with Gasteiger partial charge in [0.15, 0.2) is 11.5 Å². The summed E-state index contributed by atoms with van der Waals surface area (Å²) >= 11 is 0. The van der Waals surface area contributed by atoms with Crippen LogP contribution >= 0.6 is 0 Å². The molecule has 0 bridgehead atoms. The molecule has 2 rings (SSSR count). The second-order valence-corrected chi connectivity index (χ2v) is 5.41. The van der Waals surface area contributed by atoms with Gasteiger partial charge in [-0.3, -0.25) is 4.99 Å². The molecule has 0 unspecified atom stereocenters. The summed E-state index contributed by atoms with van der Waals surface area (Å²) in [5.41, 5.74) is 1.61. The topological polar surface area (TPSA) is 86.9 Å². The van der Waals surface area contributed by atoms with Crippen LogP contribution in [-0.4, -0.2) is 25.2 Å². The highest BCUT2D eigenvalue weighted by Gasteiger charge is 2.32. The second kappa shape index (κ2) is 8.81. The Morgan fingerprint density at radius 3 is 2.61 bits per heavy atom. The third kappa shape index (κ3) is 5.41. The molecule has 2 aromatic carbocycles. The first-order chi connectivity index (χ1) is 13.3. The number of halogens is 3. The molecule has 0 amide bonds. The molecule has 2 aromatic rings. The number of allylic oxidation sites excluding steroid dienone is 1. The SMILES string of the molecule is C=N/C(=C(/C#N)NC)c1cccc(OCc2ccc(OC(F)(F)F)c(O)c2)c1. The van der Waals surface area contributed by atoms with E-state index in [1.807, 2.05) is 6.07 Å². The molecule has 2 N–H and O–H groups in total. The molecule has 0 saturated heterocycles. The van der Waals surface area contributed by atoms with Gasteiger partial charge >= 0.3 is 6.36 Å². The molecule has 0 aromatic heterocycles. The van der Waals surface area contributed by atoms with E-state index in [1.54, 1.807) is 31.3 Å². The van der Waals surface area contributed by atoms with Crippen molar-refractivity contribution in [3.05, 3.63) is 59.3 Å². The minimum Gasteiger partial charge on any atom is -0.504 e. The highest BCUT2D eigenvalue weighted by molar-refractivity contribution is 5.73. The molecule has 6 nitrogen and oxygen atoms in total. The molecule has 9 heteroatoms. The zero-order chi connectivity index (χ0) is 20.7. The Hall–Kier alpha value is -3.67. The van der Waals surface area contributed by atoms with Crippen LogP contribution < -0.4 is 14.8 Å². The van der Waals surface area contributed by atoms with Crippen molar-refractivity contribution in [1.29, 1.82) is 5.26 Å². The zero-order valence-electron chi connectivity index (χ0n) is 14.7. The first-order valence-electron chi connectivity index (χ1n) is 7.87. The van der Waals surface area contributed by atoms with Crippen molar-refractivity contribution in [2.24, 2.45) is 4.99 Å². The van der Waals surface area contributed by atoms with E-state index in [1.165, 1.54) is 6.07 Å². The van der Waals surface area contributed by atoms with Crippen molar-refractivity contribution in [2.75, 3.05) is 7.05 Å². The van der Waals surface area contributed by atoms with Gasteiger partial charge < -0.3 is 19.9 Å². The van der Waals surface area contributed by atoms with Gasteiger partial charge in [0.05, 0.1) is 0 Å². The molecule has 0 atom stereocenters. The molecule has 146 valence electrons. The molecule has 28 heavy (non-hydrogen) atoms. The number of hydrogen-bond acceptors (Lipinski definition) is 6. The van der Waals surface area contributed by atoms with Gasteiger partial charge in [0.2, 0.25) is 0 Å². The van der Waals surface area contributed by atoms with Crippen LogP contribution in [0.1, 0.15) is 11.1 Å². The fourth-order valence-electron chi connectivity index (χ4n) is 2.31. The summed E-state index contributed by atoms with van der Waals surface area (Å²) in [5, 5.41) is 21.5. The molecule has 0 radical (unpaired) electrons. The number of hydrogen-bond donors (Lipinski definition) is 2. The number of phenols is 1. The summed E-state index contributed by atoms with van der Waals surface area (Å²) in [5.74, 6) is -0.913. The van der Waals surface area contributed by atoms with E-state index in [-0.39, 0.29) is 12.3 Å². The van der Waals surface area contributed by atoms with Gasteiger partial charge in [-0.1, -0.05) is 18.2 Å². The number of nitrogens with zero attached hydrogens (tertiary/aromatic N) is 2. The van der Waals surface area contributed by atoms with Gasteiger partial charge in [-0.2, -0.15) is 5.26 Å². The lowest BCUT2D eigenvalue weighted by Crippen LogP contribution is -2.17. The number of nitriles is 1. The van der Waals surface area contributed by atoms with Crippen LogP contribution in [0.2, 0.25) is 0 Å². The van der Waals surface area contributed by atoms with Gasteiger partial charge in [0.1, 0.15) is 29.8 Å². The van der Waals surface area contributed by atoms with Gasteiger partial charge in [0.25, 0.3) is 0 Å². The first-order valence-corrected chi connectivity index (χ1v) is 7.87. The van der Waals surface area contributed by atoms with Crippen molar-refractivity contribution in [2.45, 2.75) is 13.0 Å². The van der Waals surface area contributed by atoms with Gasteiger partial charge in [-0.25, -0.2) is 0 Å². The average Bonchev–Trinajstić information content (AvgIpc) is 2.65. The number of benzene rings is 2. The van der Waals surface area contributed by atoms with Crippen LogP contribution in [0.4, 0.5) is 13.2 Å². The summed E-state index contributed by atoms with van der Waals surface area (Å²) in [7, 11) is 1.59. The Kier molecular flexibility index (Phi) is 6.50. The smallest absolute Gasteiger partial charge is 0.504 e. The van der Waals surface area contributed by atoms with Crippen molar-refractivity contribution in [3.63, 3.8) is 0 Å². The first kappa shape index (κ1) is 20.6. The van der Waals surface area contributed by atoms with Crippen LogP contribution in [-0.2, 0) is 6.61 Å². The van der Waals surface area contributed by atoms with Crippen molar-refractivity contribution < 1.29 is 27.8 Å². The summed E-state index contributed by atoms with van der Waals surface area (Å²) in [6.45, 7) is 3.45. The number of phenolic OH excluding ortho intramolecular Hbond substituents is 1. The van der Waals surface area contributed by atoms with Crippen LogP contribution in [0.25, 0.3) is 5.70 Å². The Labute approximate surface area is 159 Å². The monoisotopic (exact) mass is 391 g/mol. The molecule has 0 aliphatic rings. The van der Waals surface area contributed by atoms with E-state index in [9.17, 15) is 18.3 Å². The lowest BCUT2D eigenvalue weighted by molar-refractivity contribution is -0.275. The number of nitrogens with one attached hydrogen (secondary N) is 1. The van der Waals surface area contributed by atoms with Crippen LogP contribution in [0, 0.1) is 11.3 Å². The fourth-order valence-corrected chi connectivity index (χ4v) is 2.31. The third-order valence-corrected chi connectivity index (χ3v) is 3.52. The van der Waals surface area contributed by atoms with E-state index < -0.39 is 17.9 Å².